The molecule has 1 aromatic carbocycles. The highest BCUT2D eigenvalue weighted by Crippen LogP contribution is 2.27. The molecular formula is C19H16FN3O. The molecule has 120 valence electrons. The monoisotopic (exact) mass is 321 g/mol. The van der Waals surface area contributed by atoms with E-state index in [2.05, 4.69) is 9.55 Å². The first-order chi connectivity index (χ1) is 11.6. The molecule has 4 rings (SSSR count). The Kier molecular flexibility index (Phi) is 3.41. The smallest absolute Gasteiger partial charge is 0.260 e. The molecule has 0 aliphatic carbocycles. The zero-order chi connectivity index (χ0) is 16.7. The Bertz CT molecular complexity index is 932. The van der Waals surface area contributed by atoms with Crippen LogP contribution in [-0.2, 0) is 13.1 Å². The van der Waals surface area contributed by atoms with Crippen LogP contribution in [0.5, 0.6) is 0 Å². The molecule has 3 aromatic rings. The third kappa shape index (κ3) is 2.38. The van der Waals surface area contributed by atoms with Crippen LogP contribution in [0.15, 0.2) is 54.9 Å². The number of aromatic nitrogens is 2. The van der Waals surface area contributed by atoms with Gasteiger partial charge in [0, 0.05) is 29.2 Å². The SMILES string of the molecule is Cc1ccc(F)cc1C(=O)N1Cc2cccn2Cc2cccnc21. The summed E-state index contributed by atoms with van der Waals surface area (Å²) in [5.74, 6) is -0.0140. The average molecular weight is 321 g/mol. The van der Waals surface area contributed by atoms with Crippen LogP contribution in [0.2, 0.25) is 0 Å². The van der Waals surface area contributed by atoms with Gasteiger partial charge in [0.25, 0.3) is 5.91 Å². The highest BCUT2D eigenvalue weighted by molar-refractivity contribution is 6.06. The van der Waals surface area contributed by atoms with Gasteiger partial charge >= 0.3 is 0 Å². The van der Waals surface area contributed by atoms with Crippen molar-refractivity contribution in [1.29, 1.82) is 0 Å². The Morgan fingerprint density at radius 3 is 2.92 bits per heavy atom. The Hall–Kier alpha value is -2.95. The summed E-state index contributed by atoms with van der Waals surface area (Å²) in [4.78, 5) is 19.2. The standard InChI is InChI=1S/C19H16FN3O/c1-13-6-7-15(20)10-17(13)19(24)23-12-16-5-3-9-22(16)11-14-4-2-8-21-18(14)23/h2-10H,11-12H2,1H3. The lowest BCUT2D eigenvalue weighted by Gasteiger charge is -2.22. The fourth-order valence-electron chi connectivity index (χ4n) is 3.10. The highest BCUT2D eigenvalue weighted by Gasteiger charge is 2.26. The lowest BCUT2D eigenvalue weighted by Crippen LogP contribution is -2.32. The van der Waals surface area contributed by atoms with Crippen LogP contribution in [0.1, 0.15) is 27.2 Å². The molecule has 5 heteroatoms. The highest BCUT2D eigenvalue weighted by atomic mass is 19.1. The molecule has 0 atom stereocenters. The predicted molar refractivity (Wildman–Crippen MR) is 89.4 cm³/mol. The molecule has 0 radical (unpaired) electrons. The molecule has 1 amide bonds. The number of carbonyl (C=O) groups is 1. The van der Waals surface area contributed by atoms with Crippen LogP contribution < -0.4 is 4.90 Å². The number of amides is 1. The summed E-state index contributed by atoms with van der Waals surface area (Å²) < 4.78 is 15.8. The van der Waals surface area contributed by atoms with E-state index in [-0.39, 0.29) is 5.91 Å². The van der Waals surface area contributed by atoms with E-state index in [0.717, 1.165) is 16.8 Å². The molecule has 0 spiro atoms. The van der Waals surface area contributed by atoms with Crippen molar-refractivity contribution in [1.82, 2.24) is 9.55 Å². The quantitative estimate of drug-likeness (QED) is 0.687. The fraction of sp³-hybridized carbons (Fsp3) is 0.158. The van der Waals surface area contributed by atoms with Gasteiger partial charge < -0.3 is 4.57 Å². The lowest BCUT2D eigenvalue weighted by atomic mass is 10.1. The van der Waals surface area contributed by atoms with E-state index in [0.29, 0.717) is 24.5 Å². The number of fused-ring (bicyclic) bond motifs is 2. The largest absolute Gasteiger partial charge is 0.345 e. The Morgan fingerprint density at radius 2 is 2.04 bits per heavy atom. The number of anilines is 1. The summed E-state index contributed by atoms with van der Waals surface area (Å²) in [7, 11) is 0. The van der Waals surface area contributed by atoms with Crippen LogP contribution in [0.3, 0.4) is 0 Å². The van der Waals surface area contributed by atoms with Crippen molar-refractivity contribution in [3.8, 4) is 0 Å². The molecule has 0 unspecified atom stereocenters. The molecular weight excluding hydrogens is 305 g/mol. The zero-order valence-corrected chi connectivity index (χ0v) is 13.2. The van der Waals surface area contributed by atoms with E-state index in [1.54, 1.807) is 17.2 Å². The molecule has 0 N–H and O–H groups in total. The molecule has 4 nitrogen and oxygen atoms in total. The van der Waals surface area contributed by atoms with Gasteiger partial charge in [0.05, 0.1) is 13.1 Å². The van der Waals surface area contributed by atoms with Gasteiger partial charge in [0.15, 0.2) is 0 Å². The minimum absolute atomic E-state index is 0.235. The molecule has 0 fully saturated rings. The third-order valence-corrected chi connectivity index (χ3v) is 4.38. The molecule has 2 aromatic heterocycles. The second-order valence-corrected chi connectivity index (χ2v) is 5.96. The number of nitrogens with zero attached hydrogens (tertiary/aromatic N) is 3. The van der Waals surface area contributed by atoms with Gasteiger partial charge in [-0.15, -0.1) is 0 Å². The number of benzene rings is 1. The van der Waals surface area contributed by atoms with Gasteiger partial charge in [-0.05, 0) is 42.8 Å². The number of rotatable bonds is 1. The maximum Gasteiger partial charge on any atom is 0.260 e. The molecule has 24 heavy (non-hydrogen) atoms. The van der Waals surface area contributed by atoms with Crippen molar-refractivity contribution >= 4 is 11.7 Å². The van der Waals surface area contributed by atoms with Crippen LogP contribution in [0.25, 0.3) is 0 Å². The van der Waals surface area contributed by atoms with Crippen molar-refractivity contribution in [2.75, 3.05) is 4.90 Å². The van der Waals surface area contributed by atoms with Gasteiger partial charge in [0.2, 0.25) is 0 Å². The van der Waals surface area contributed by atoms with Crippen LogP contribution >= 0.6 is 0 Å². The Balaban J connectivity index is 1.84. The molecule has 1 aliphatic heterocycles. The van der Waals surface area contributed by atoms with Crippen molar-refractivity contribution in [2.45, 2.75) is 20.0 Å². The van der Waals surface area contributed by atoms with Gasteiger partial charge in [-0.1, -0.05) is 12.1 Å². The number of pyridine rings is 1. The fourth-order valence-corrected chi connectivity index (χ4v) is 3.10. The van der Waals surface area contributed by atoms with Crippen molar-refractivity contribution in [2.24, 2.45) is 0 Å². The van der Waals surface area contributed by atoms with Crippen molar-refractivity contribution < 1.29 is 9.18 Å². The Labute approximate surface area is 139 Å². The normalized spacial score (nSPS) is 13.2. The molecule has 0 saturated heterocycles. The molecule has 1 aliphatic rings. The maximum absolute atomic E-state index is 13.6. The van der Waals surface area contributed by atoms with Gasteiger partial charge in [0.1, 0.15) is 11.6 Å². The molecule has 0 saturated carbocycles. The van der Waals surface area contributed by atoms with Crippen molar-refractivity contribution in [3.63, 3.8) is 0 Å². The summed E-state index contributed by atoms with van der Waals surface area (Å²) in [5, 5.41) is 0. The summed E-state index contributed by atoms with van der Waals surface area (Å²) in [5.41, 5.74) is 3.11. The first kappa shape index (κ1) is 14.6. The van der Waals surface area contributed by atoms with Crippen LogP contribution in [0.4, 0.5) is 10.2 Å². The van der Waals surface area contributed by atoms with E-state index in [4.69, 9.17) is 0 Å². The molecule has 3 heterocycles. The second-order valence-electron chi connectivity index (χ2n) is 5.96. The maximum atomic E-state index is 13.6. The summed E-state index contributed by atoms with van der Waals surface area (Å²) in [6.45, 7) is 2.88. The number of hydrogen-bond donors (Lipinski definition) is 0. The second kappa shape index (κ2) is 5.60. The summed E-state index contributed by atoms with van der Waals surface area (Å²) in [6.07, 6.45) is 3.67. The Morgan fingerprint density at radius 1 is 1.17 bits per heavy atom. The topological polar surface area (TPSA) is 38.1 Å². The van der Waals surface area contributed by atoms with Gasteiger partial charge in [-0.3, -0.25) is 9.69 Å². The van der Waals surface area contributed by atoms with Gasteiger partial charge in [-0.2, -0.15) is 0 Å². The lowest BCUT2D eigenvalue weighted by molar-refractivity contribution is 0.0983. The van der Waals surface area contributed by atoms with E-state index >= 15 is 0 Å². The first-order valence-corrected chi connectivity index (χ1v) is 7.79. The predicted octanol–water partition coefficient (Wildman–Crippen LogP) is 3.54. The van der Waals surface area contributed by atoms with E-state index in [9.17, 15) is 9.18 Å². The zero-order valence-electron chi connectivity index (χ0n) is 13.2. The minimum Gasteiger partial charge on any atom is -0.345 e. The number of halogens is 1. The number of aryl methyl sites for hydroxylation is 1. The van der Waals surface area contributed by atoms with E-state index in [1.165, 1.54) is 12.1 Å². The van der Waals surface area contributed by atoms with E-state index in [1.807, 2.05) is 37.4 Å². The summed E-state index contributed by atoms with van der Waals surface area (Å²) >= 11 is 0. The van der Waals surface area contributed by atoms with E-state index < -0.39 is 5.82 Å². The van der Waals surface area contributed by atoms with Crippen molar-refractivity contribution in [3.05, 3.63) is 83.1 Å². The third-order valence-electron chi connectivity index (χ3n) is 4.38. The number of carbonyl (C=O) groups excluding carboxylic acids is 1. The minimum atomic E-state index is -0.414. The summed E-state index contributed by atoms with van der Waals surface area (Å²) in [6, 6.07) is 12.1. The number of hydrogen-bond acceptors (Lipinski definition) is 2. The van der Waals surface area contributed by atoms with Crippen LogP contribution in [0, 0.1) is 12.7 Å². The average Bonchev–Trinajstić information content (AvgIpc) is 2.95. The molecule has 0 bridgehead atoms. The van der Waals surface area contributed by atoms with Gasteiger partial charge in [-0.25, -0.2) is 9.37 Å². The first-order valence-electron chi connectivity index (χ1n) is 7.79. The van der Waals surface area contributed by atoms with Crippen LogP contribution in [-0.4, -0.2) is 15.5 Å².